The molecule has 0 amide bonds. The molecule has 0 spiro atoms. The zero-order valence-electron chi connectivity index (χ0n) is 15.9. The van der Waals surface area contributed by atoms with Crippen molar-refractivity contribution in [2.45, 2.75) is 20.0 Å². The number of fused-ring (bicyclic) bond motifs is 1. The number of hydrogen-bond donors (Lipinski definition) is 1. The van der Waals surface area contributed by atoms with Crippen LogP contribution in [-0.2, 0) is 9.47 Å². The number of ketones is 1. The second kappa shape index (κ2) is 8.36. The van der Waals surface area contributed by atoms with E-state index >= 15 is 0 Å². The monoisotopic (exact) mass is 418 g/mol. The van der Waals surface area contributed by atoms with E-state index in [4.69, 9.17) is 14.2 Å². The summed E-state index contributed by atoms with van der Waals surface area (Å²) in [7, 11) is 0. The summed E-state index contributed by atoms with van der Waals surface area (Å²) in [6.07, 6.45) is 1.000. The van der Waals surface area contributed by atoms with Gasteiger partial charge in [-0.3, -0.25) is 4.79 Å². The van der Waals surface area contributed by atoms with Crippen LogP contribution < -0.4 is 10.1 Å². The SMILES string of the molecule is CC(=O)c1sc2ncnc(Nc3ccc(F)nc3OC3COCCOC3)c2c1C. The van der Waals surface area contributed by atoms with E-state index in [2.05, 4.69) is 20.3 Å². The molecule has 4 heterocycles. The van der Waals surface area contributed by atoms with Crippen LogP contribution in [0.1, 0.15) is 22.2 Å². The minimum absolute atomic E-state index is 0.0303. The van der Waals surface area contributed by atoms with Gasteiger partial charge in [0.25, 0.3) is 0 Å². The number of carbonyl (C=O) groups is 1. The number of anilines is 2. The molecule has 0 radical (unpaired) electrons. The lowest BCUT2D eigenvalue weighted by Gasteiger charge is -2.18. The topological polar surface area (TPSA) is 95.5 Å². The first kappa shape index (κ1) is 19.6. The highest BCUT2D eigenvalue weighted by Gasteiger charge is 2.21. The van der Waals surface area contributed by atoms with E-state index in [0.29, 0.717) is 47.6 Å². The lowest BCUT2D eigenvalue weighted by Crippen LogP contribution is -2.27. The van der Waals surface area contributed by atoms with Gasteiger partial charge in [0.05, 0.1) is 36.7 Å². The van der Waals surface area contributed by atoms with E-state index in [-0.39, 0.29) is 11.7 Å². The summed E-state index contributed by atoms with van der Waals surface area (Å²) in [4.78, 5) is 25.7. The molecule has 0 aromatic carbocycles. The first-order valence-corrected chi connectivity index (χ1v) is 9.85. The van der Waals surface area contributed by atoms with Gasteiger partial charge in [-0.1, -0.05) is 0 Å². The molecule has 1 N–H and O–H groups in total. The molecular formula is C19H19FN4O4S. The lowest BCUT2D eigenvalue weighted by atomic mass is 10.1. The molecule has 0 unspecified atom stereocenters. The molecule has 1 saturated heterocycles. The quantitative estimate of drug-likeness (QED) is 0.498. The standard InChI is InChI=1S/C19H19FN4O4S/c1-10-15-17(21-9-22-19(15)29-16(10)11(2)25)23-13-3-4-14(20)24-18(13)28-12-7-26-5-6-27-8-12/h3-4,9,12H,5-8H2,1-2H3,(H,21,22,23). The maximum Gasteiger partial charge on any atom is 0.240 e. The van der Waals surface area contributed by atoms with Crippen molar-refractivity contribution in [2.24, 2.45) is 0 Å². The predicted molar refractivity (Wildman–Crippen MR) is 106 cm³/mol. The zero-order chi connectivity index (χ0) is 20.4. The minimum atomic E-state index is -0.667. The smallest absolute Gasteiger partial charge is 0.240 e. The highest BCUT2D eigenvalue weighted by molar-refractivity contribution is 7.20. The van der Waals surface area contributed by atoms with Crippen LogP contribution in [0.25, 0.3) is 10.2 Å². The number of carbonyl (C=O) groups excluding carboxylic acids is 1. The summed E-state index contributed by atoms with van der Waals surface area (Å²) in [6, 6.07) is 2.76. The van der Waals surface area contributed by atoms with Crippen LogP contribution >= 0.6 is 11.3 Å². The van der Waals surface area contributed by atoms with Crippen molar-refractivity contribution in [3.8, 4) is 5.88 Å². The third kappa shape index (κ3) is 4.19. The Morgan fingerprint density at radius 1 is 1.28 bits per heavy atom. The molecule has 1 aliphatic heterocycles. The number of aryl methyl sites for hydroxylation is 1. The molecule has 4 rings (SSSR count). The predicted octanol–water partition coefficient (Wildman–Crippen LogP) is 3.27. The summed E-state index contributed by atoms with van der Waals surface area (Å²) in [5.41, 5.74) is 1.23. The van der Waals surface area contributed by atoms with Crippen molar-refractivity contribution in [3.05, 3.63) is 34.8 Å². The molecule has 10 heteroatoms. The highest BCUT2D eigenvalue weighted by Crippen LogP contribution is 2.36. The molecule has 152 valence electrons. The molecule has 0 bridgehead atoms. The Morgan fingerprint density at radius 2 is 2.03 bits per heavy atom. The lowest BCUT2D eigenvalue weighted by molar-refractivity contribution is 0.0567. The zero-order valence-corrected chi connectivity index (χ0v) is 16.7. The van der Waals surface area contributed by atoms with Crippen molar-refractivity contribution in [2.75, 3.05) is 31.7 Å². The van der Waals surface area contributed by atoms with Crippen LogP contribution in [0.3, 0.4) is 0 Å². The third-order valence-electron chi connectivity index (χ3n) is 4.38. The maximum atomic E-state index is 13.8. The molecule has 1 aliphatic rings. The van der Waals surface area contributed by atoms with Crippen LogP contribution in [0.2, 0.25) is 0 Å². The maximum absolute atomic E-state index is 13.8. The second-order valence-electron chi connectivity index (χ2n) is 6.52. The van der Waals surface area contributed by atoms with Crippen LogP contribution in [0.5, 0.6) is 5.88 Å². The van der Waals surface area contributed by atoms with E-state index in [1.165, 1.54) is 36.7 Å². The summed E-state index contributed by atoms with van der Waals surface area (Å²) in [5, 5.41) is 3.88. The van der Waals surface area contributed by atoms with Gasteiger partial charge >= 0.3 is 0 Å². The van der Waals surface area contributed by atoms with Gasteiger partial charge < -0.3 is 19.5 Å². The number of ether oxygens (including phenoxy) is 3. The molecule has 3 aromatic rings. The Hall–Kier alpha value is -2.69. The number of pyridine rings is 1. The summed E-state index contributed by atoms with van der Waals surface area (Å²) >= 11 is 1.31. The van der Waals surface area contributed by atoms with E-state index < -0.39 is 12.1 Å². The van der Waals surface area contributed by atoms with Gasteiger partial charge in [-0.25, -0.2) is 9.97 Å². The van der Waals surface area contributed by atoms with E-state index in [9.17, 15) is 9.18 Å². The first-order chi connectivity index (χ1) is 14.0. The van der Waals surface area contributed by atoms with Gasteiger partial charge in [0.1, 0.15) is 28.8 Å². The number of halogens is 1. The molecule has 0 aliphatic carbocycles. The van der Waals surface area contributed by atoms with E-state index in [1.807, 2.05) is 6.92 Å². The first-order valence-electron chi connectivity index (χ1n) is 9.03. The van der Waals surface area contributed by atoms with Crippen molar-refractivity contribution < 1.29 is 23.4 Å². The minimum Gasteiger partial charge on any atom is -0.468 e. The molecular weight excluding hydrogens is 399 g/mol. The van der Waals surface area contributed by atoms with Crippen LogP contribution in [-0.4, -0.2) is 53.3 Å². The Balaban J connectivity index is 1.68. The average Bonchev–Trinajstić information content (AvgIpc) is 2.86. The number of aromatic nitrogens is 3. The van der Waals surface area contributed by atoms with Crippen molar-refractivity contribution in [1.82, 2.24) is 15.0 Å². The Morgan fingerprint density at radius 3 is 2.76 bits per heavy atom. The molecule has 0 saturated carbocycles. The van der Waals surface area contributed by atoms with Crippen molar-refractivity contribution >= 4 is 38.8 Å². The Bertz CT molecular complexity index is 1050. The van der Waals surface area contributed by atoms with Crippen LogP contribution in [0, 0.1) is 12.9 Å². The molecule has 29 heavy (non-hydrogen) atoms. The van der Waals surface area contributed by atoms with E-state index in [0.717, 1.165) is 10.9 Å². The van der Waals surface area contributed by atoms with Gasteiger partial charge in [-0.2, -0.15) is 9.37 Å². The third-order valence-corrected chi connectivity index (χ3v) is 5.68. The largest absolute Gasteiger partial charge is 0.468 e. The normalized spacial score (nSPS) is 15.3. The fourth-order valence-electron chi connectivity index (χ4n) is 3.05. The fourth-order valence-corrected chi connectivity index (χ4v) is 4.10. The van der Waals surface area contributed by atoms with Gasteiger partial charge in [-0.05, 0) is 31.5 Å². The number of thiophene rings is 1. The van der Waals surface area contributed by atoms with Gasteiger partial charge in [0.15, 0.2) is 5.78 Å². The van der Waals surface area contributed by atoms with Crippen LogP contribution in [0.15, 0.2) is 18.5 Å². The highest BCUT2D eigenvalue weighted by atomic mass is 32.1. The Kier molecular flexibility index (Phi) is 5.65. The summed E-state index contributed by atoms with van der Waals surface area (Å²) in [6.45, 7) is 4.98. The van der Waals surface area contributed by atoms with Crippen molar-refractivity contribution in [3.63, 3.8) is 0 Å². The Labute approximate surface area is 170 Å². The van der Waals surface area contributed by atoms with Gasteiger partial charge in [0.2, 0.25) is 11.8 Å². The number of nitrogens with one attached hydrogen (secondary N) is 1. The summed E-state index contributed by atoms with van der Waals surface area (Å²) in [5.74, 6) is -0.130. The van der Waals surface area contributed by atoms with Gasteiger partial charge in [0, 0.05) is 0 Å². The van der Waals surface area contributed by atoms with Crippen LogP contribution in [0.4, 0.5) is 15.9 Å². The van der Waals surface area contributed by atoms with Crippen molar-refractivity contribution in [1.29, 1.82) is 0 Å². The number of Topliss-reactive ketones (excluding diaryl/α,β-unsaturated/α-hetero) is 1. The second-order valence-corrected chi connectivity index (χ2v) is 7.52. The molecule has 8 nitrogen and oxygen atoms in total. The average molecular weight is 418 g/mol. The van der Waals surface area contributed by atoms with Gasteiger partial charge in [-0.15, -0.1) is 11.3 Å². The molecule has 3 aromatic heterocycles. The van der Waals surface area contributed by atoms with E-state index in [1.54, 1.807) is 0 Å². The molecule has 1 fully saturated rings. The fraction of sp³-hybridized carbons (Fsp3) is 0.368. The number of rotatable bonds is 5. The number of hydrogen-bond acceptors (Lipinski definition) is 9. The molecule has 0 atom stereocenters. The summed E-state index contributed by atoms with van der Waals surface area (Å²) < 4.78 is 30.5. The number of nitrogens with zero attached hydrogens (tertiary/aromatic N) is 3.